The Morgan fingerprint density at radius 3 is 2.38 bits per heavy atom. The van der Waals surface area contributed by atoms with Gasteiger partial charge in [0.1, 0.15) is 0 Å². The van der Waals surface area contributed by atoms with Gasteiger partial charge in [-0.05, 0) is 24.3 Å². The number of phenolic OH excluding ortho intramolecular Hbond substituents is 2. The van der Waals surface area contributed by atoms with Crippen molar-refractivity contribution in [3.05, 3.63) is 53.6 Å². The molecule has 0 spiro atoms. The molecule has 0 saturated carbocycles. The molecule has 0 atom stereocenters. The Morgan fingerprint density at radius 1 is 1.00 bits per heavy atom. The number of hydrogen-bond donors (Lipinski definition) is 3. The molecule has 0 aliphatic heterocycles. The van der Waals surface area contributed by atoms with E-state index in [4.69, 9.17) is 0 Å². The zero-order valence-electron chi connectivity index (χ0n) is 11.2. The van der Waals surface area contributed by atoms with E-state index in [1.54, 1.807) is 12.1 Å². The number of phenols is 2. The van der Waals surface area contributed by atoms with Crippen LogP contribution < -0.4 is 5.32 Å². The molecule has 0 aliphatic rings. The predicted molar refractivity (Wildman–Crippen MR) is 75.5 cm³/mol. The number of anilines is 1. The Bertz CT molecular complexity index is 696. The van der Waals surface area contributed by atoms with Crippen molar-refractivity contribution in [1.82, 2.24) is 0 Å². The highest BCUT2D eigenvalue weighted by Gasteiger charge is 2.17. The van der Waals surface area contributed by atoms with E-state index < -0.39 is 23.4 Å². The standard InChI is InChI=1S/C15H13NO5/c1-21-15(20)9-5-2-3-7-11(9)16-14(19)10-6-4-8-12(17)13(10)18/h2-8,17-18H,1H3,(H,16,19). The number of carbonyl (C=O) groups excluding carboxylic acids is 2. The van der Waals surface area contributed by atoms with Crippen LogP contribution >= 0.6 is 0 Å². The third-order valence-corrected chi connectivity index (χ3v) is 2.84. The summed E-state index contributed by atoms with van der Waals surface area (Å²) in [4.78, 5) is 23.7. The molecule has 108 valence electrons. The van der Waals surface area contributed by atoms with Crippen LogP contribution in [0.4, 0.5) is 5.69 Å². The second-order valence-electron chi connectivity index (χ2n) is 4.16. The Kier molecular flexibility index (Phi) is 4.08. The molecule has 1 amide bonds. The van der Waals surface area contributed by atoms with Gasteiger partial charge in [0.25, 0.3) is 5.91 Å². The van der Waals surface area contributed by atoms with Crippen molar-refractivity contribution >= 4 is 17.6 Å². The quantitative estimate of drug-likeness (QED) is 0.593. The van der Waals surface area contributed by atoms with Crippen LogP contribution in [0.5, 0.6) is 11.5 Å². The molecule has 0 heterocycles. The average Bonchev–Trinajstić information content (AvgIpc) is 2.49. The largest absolute Gasteiger partial charge is 0.504 e. The first-order valence-electron chi connectivity index (χ1n) is 6.04. The molecule has 0 saturated heterocycles. The first kappa shape index (κ1) is 14.4. The second-order valence-corrected chi connectivity index (χ2v) is 4.16. The summed E-state index contributed by atoms with van der Waals surface area (Å²) in [6, 6.07) is 10.3. The number of benzene rings is 2. The third-order valence-electron chi connectivity index (χ3n) is 2.84. The zero-order valence-corrected chi connectivity index (χ0v) is 11.2. The van der Waals surface area contributed by atoms with Gasteiger partial charge in [0.15, 0.2) is 11.5 Å². The van der Waals surface area contributed by atoms with Crippen LogP contribution in [0.25, 0.3) is 0 Å². The van der Waals surface area contributed by atoms with Crippen molar-refractivity contribution in [3.63, 3.8) is 0 Å². The van der Waals surface area contributed by atoms with Gasteiger partial charge in [0.05, 0.1) is 23.9 Å². The number of aromatic hydroxyl groups is 2. The summed E-state index contributed by atoms with van der Waals surface area (Å²) in [5.74, 6) is -2.17. The fourth-order valence-corrected chi connectivity index (χ4v) is 1.78. The molecule has 0 aromatic heterocycles. The molecule has 3 N–H and O–H groups in total. The van der Waals surface area contributed by atoms with Gasteiger partial charge < -0.3 is 20.3 Å². The highest BCUT2D eigenvalue weighted by Crippen LogP contribution is 2.29. The summed E-state index contributed by atoms with van der Waals surface area (Å²) in [6.45, 7) is 0. The van der Waals surface area contributed by atoms with Crippen molar-refractivity contribution in [2.45, 2.75) is 0 Å². The SMILES string of the molecule is COC(=O)c1ccccc1NC(=O)c1cccc(O)c1O. The van der Waals surface area contributed by atoms with Crippen molar-refractivity contribution in [2.75, 3.05) is 12.4 Å². The number of ether oxygens (including phenoxy) is 1. The molecule has 6 nitrogen and oxygen atoms in total. The molecule has 0 radical (unpaired) electrons. The van der Waals surface area contributed by atoms with Gasteiger partial charge >= 0.3 is 5.97 Å². The van der Waals surface area contributed by atoms with Gasteiger partial charge in [-0.1, -0.05) is 18.2 Å². The minimum absolute atomic E-state index is 0.102. The van der Waals surface area contributed by atoms with Crippen LogP contribution in [-0.4, -0.2) is 29.2 Å². The van der Waals surface area contributed by atoms with Crippen LogP contribution in [0.1, 0.15) is 20.7 Å². The molecule has 2 rings (SSSR count). The van der Waals surface area contributed by atoms with Crippen molar-refractivity contribution < 1.29 is 24.5 Å². The lowest BCUT2D eigenvalue weighted by Gasteiger charge is -2.10. The molecule has 0 fully saturated rings. The summed E-state index contributed by atoms with van der Waals surface area (Å²) >= 11 is 0. The normalized spacial score (nSPS) is 9.95. The maximum absolute atomic E-state index is 12.1. The van der Waals surface area contributed by atoms with Crippen molar-refractivity contribution in [1.29, 1.82) is 0 Å². The molecule has 2 aromatic rings. The molecule has 21 heavy (non-hydrogen) atoms. The van der Waals surface area contributed by atoms with Gasteiger partial charge in [0, 0.05) is 0 Å². The number of para-hydroxylation sites is 2. The number of nitrogens with one attached hydrogen (secondary N) is 1. The molecular formula is C15H13NO5. The molecule has 0 aliphatic carbocycles. The maximum atomic E-state index is 12.1. The number of carbonyl (C=O) groups is 2. The summed E-state index contributed by atoms with van der Waals surface area (Å²) in [6.07, 6.45) is 0. The van der Waals surface area contributed by atoms with Crippen LogP contribution in [0.3, 0.4) is 0 Å². The van der Waals surface area contributed by atoms with Crippen LogP contribution in [0.15, 0.2) is 42.5 Å². The zero-order chi connectivity index (χ0) is 15.4. The van der Waals surface area contributed by atoms with Crippen LogP contribution in [0.2, 0.25) is 0 Å². The number of methoxy groups -OCH3 is 1. The molecule has 0 bridgehead atoms. The van der Waals surface area contributed by atoms with Crippen molar-refractivity contribution in [2.24, 2.45) is 0 Å². The van der Waals surface area contributed by atoms with E-state index in [0.717, 1.165) is 0 Å². The van der Waals surface area contributed by atoms with Gasteiger partial charge in [-0.25, -0.2) is 4.79 Å². The first-order chi connectivity index (χ1) is 10.0. The third kappa shape index (κ3) is 2.94. The molecular weight excluding hydrogens is 274 g/mol. The first-order valence-corrected chi connectivity index (χ1v) is 6.04. The van der Waals surface area contributed by atoms with E-state index in [1.807, 2.05) is 0 Å². The number of amides is 1. The summed E-state index contributed by atoms with van der Waals surface area (Å²) < 4.78 is 4.63. The fraction of sp³-hybridized carbons (Fsp3) is 0.0667. The van der Waals surface area contributed by atoms with Crippen molar-refractivity contribution in [3.8, 4) is 11.5 Å². The Hall–Kier alpha value is -3.02. The predicted octanol–water partition coefficient (Wildman–Crippen LogP) is 2.14. The molecule has 0 unspecified atom stereocenters. The Balaban J connectivity index is 2.32. The van der Waals surface area contributed by atoms with E-state index in [2.05, 4.69) is 10.1 Å². The minimum Gasteiger partial charge on any atom is -0.504 e. The monoisotopic (exact) mass is 287 g/mol. The lowest BCUT2D eigenvalue weighted by molar-refractivity contribution is 0.0602. The summed E-state index contributed by atoms with van der Waals surface area (Å²) in [5, 5.41) is 21.6. The fourth-order valence-electron chi connectivity index (χ4n) is 1.78. The smallest absolute Gasteiger partial charge is 0.339 e. The van der Waals surface area contributed by atoms with Gasteiger partial charge in [-0.2, -0.15) is 0 Å². The van der Waals surface area contributed by atoms with E-state index in [1.165, 1.54) is 37.4 Å². The van der Waals surface area contributed by atoms with Crippen LogP contribution in [0, 0.1) is 0 Å². The van der Waals surface area contributed by atoms with Crippen LogP contribution in [-0.2, 0) is 4.74 Å². The molecule has 6 heteroatoms. The lowest BCUT2D eigenvalue weighted by Crippen LogP contribution is -2.15. The number of esters is 1. The second kappa shape index (κ2) is 5.96. The summed E-state index contributed by atoms with van der Waals surface area (Å²) in [5.41, 5.74) is 0.333. The topological polar surface area (TPSA) is 95.9 Å². The van der Waals surface area contributed by atoms with E-state index in [-0.39, 0.29) is 16.8 Å². The van der Waals surface area contributed by atoms with E-state index >= 15 is 0 Å². The Morgan fingerprint density at radius 2 is 1.67 bits per heavy atom. The van der Waals surface area contributed by atoms with E-state index in [9.17, 15) is 19.8 Å². The highest BCUT2D eigenvalue weighted by atomic mass is 16.5. The lowest BCUT2D eigenvalue weighted by atomic mass is 10.1. The minimum atomic E-state index is -0.653. The molecule has 2 aromatic carbocycles. The van der Waals surface area contributed by atoms with Gasteiger partial charge in [-0.3, -0.25) is 4.79 Å². The average molecular weight is 287 g/mol. The number of hydrogen-bond acceptors (Lipinski definition) is 5. The number of rotatable bonds is 3. The maximum Gasteiger partial charge on any atom is 0.339 e. The summed E-state index contributed by atoms with van der Waals surface area (Å²) in [7, 11) is 1.24. The van der Waals surface area contributed by atoms with E-state index in [0.29, 0.717) is 0 Å². The highest BCUT2D eigenvalue weighted by molar-refractivity contribution is 6.09. The Labute approximate surface area is 120 Å². The van der Waals surface area contributed by atoms with Gasteiger partial charge in [0.2, 0.25) is 0 Å². The van der Waals surface area contributed by atoms with Gasteiger partial charge in [-0.15, -0.1) is 0 Å².